The second-order valence-electron chi connectivity index (χ2n) is 7.44. The van der Waals surface area contributed by atoms with Crippen LogP contribution in [-0.4, -0.2) is 47.4 Å². The van der Waals surface area contributed by atoms with Crippen LogP contribution in [0.1, 0.15) is 18.4 Å². The number of hydrogen-bond donors (Lipinski definition) is 2. The summed E-state index contributed by atoms with van der Waals surface area (Å²) in [5.41, 5.74) is 3.03. The highest BCUT2D eigenvalue weighted by Crippen LogP contribution is 2.43. The number of para-hydroxylation sites is 1. The number of hydrogen-bond acceptors (Lipinski definition) is 3. The van der Waals surface area contributed by atoms with E-state index in [1.54, 1.807) is 0 Å². The van der Waals surface area contributed by atoms with E-state index in [1.165, 1.54) is 29.3 Å². The summed E-state index contributed by atoms with van der Waals surface area (Å²) >= 11 is 0. The van der Waals surface area contributed by atoms with E-state index in [-0.39, 0.29) is 0 Å². The van der Waals surface area contributed by atoms with E-state index in [0.717, 1.165) is 32.7 Å². The van der Waals surface area contributed by atoms with Gasteiger partial charge in [0.2, 0.25) is 0 Å². The van der Waals surface area contributed by atoms with E-state index < -0.39 is 0 Å². The van der Waals surface area contributed by atoms with Crippen LogP contribution in [-0.2, 0) is 13.6 Å². The third kappa shape index (κ3) is 2.59. The molecule has 0 saturated carbocycles. The first-order chi connectivity index (χ1) is 11.2. The van der Waals surface area contributed by atoms with Crippen LogP contribution < -0.4 is 5.32 Å². The highest BCUT2D eigenvalue weighted by Gasteiger charge is 2.46. The first-order valence-corrected chi connectivity index (χ1v) is 8.79. The maximum absolute atomic E-state index is 9.89. The summed E-state index contributed by atoms with van der Waals surface area (Å²) in [6, 6.07) is 8.65. The summed E-state index contributed by atoms with van der Waals surface area (Å²) in [5, 5.41) is 14.7. The molecule has 0 amide bonds. The van der Waals surface area contributed by atoms with Gasteiger partial charge in [-0.3, -0.25) is 4.90 Å². The number of nitrogens with zero attached hydrogens (tertiary/aromatic N) is 2. The molecule has 0 radical (unpaired) electrons. The second-order valence-corrected chi connectivity index (χ2v) is 7.44. The Kier molecular flexibility index (Phi) is 3.92. The molecule has 4 nitrogen and oxygen atoms in total. The number of piperidine rings is 1. The number of aromatic nitrogens is 1. The van der Waals surface area contributed by atoms with Crippen molar-refractivity contribution in [2.45, 2.75) is 19.4 Å². The van der Waals surface area contributed by atoms with Crippen molar-refractivity contribution < 1.29 is 5.11 Å². The second kappa shape index (κ2) is 5.93. The molecule has 2 N–H and O–H groups in total. The highest BCUT2D eigenvalue weighted by atomic mass is 16.3. The molecule has 23 heavy (non-hydrogen) atoms. The zero-order chi connectivity index (χ0) is 15.9. The summed E-state index contributed by atoms with van der Waals surface area (Å²) in [6.45, 7) is 5.67. The molecule has 2 saturated heterocycles. The summed E-state index contributed by atoms with van der Waals surface area (Å²) < 4.78 is 2.23. The smallest absolute Gasteiger partial charge is 0.0481 e. The Labute approximate surface area is 138 Å². The van der Waals surface area contributed by atoms with Gasteiger partial charge in [-0.15, -0.1) is 0 Å². The SMILES string of the molecule is Cn1cc(CN2CC(CO)C3(CCNCC3)C2)c2ccccc21. The van der Waals surface area contributed by atoms with Gasteiger partial charge in [-0.25, -0.2) is 0 Å². The molecular weight excluding hydrogens is 286 g/mol. The maximum atomic E-state index is 9.89. The molecule has 0 aliphatic carbocycles. The lowest BCUT2D eigenvalue weighted by molar-refractivity contribution is 0.0984. The molecule has 2 aliphatic rings. The standard InChI is InChI=1S/C19H27N3O/c1-21-10-15(17-4-2-3-5-18(17)21)11-22-12-16(13-23)19(14-22)6-8-20-9-7-19/h2-5,10,16,20,23H,6-9,11-14H2,1H3. The van der Waals surface area contributed by atoms with E-state index in [4.69, 9.17) is 0 Å². The highest BCUT2D eigenvalue weighted by molar-refractivity contribution is 5.83. The third-order valence-corrected chi connectivity index (χ3v) is 6.08. The fourth-order valence-electron chi connectivity index (χ4n) is 4.80. The van der Waals surface area contributed by atoms with Gasteiger partial charge in [-0.1, -0.05) is 18.2 Å². The van der Waals surface area contributed by atoms with Gasteiger partial charge < -0.3 is 15.0 Å². The summed E-state index contributed by atoms with van der Waals surface area (Å²) in [5.74, 6) is 0.430. The number of benzene rings is 1. The monoisotopic (exact) mass is 313 g/mol. The summed E-state index contributed by atoms with van der Waals surface area (Å²) in [6.07, 6.45) is 4.67. The fraction of sp³-hybridized carbons (Fsp3) is 0.579. The molecule has 124 valence electrons. The van der Waals surface area contributed by atoms with Crippen molar-refractivity contribution in [2.75, 3.05) is 32.8 Å². The van der Waals surface area contributed by atoms with E-state index in [1.807, 2.05) is 0 Å². The van der Waals surface area contributed by atoms with Gasteiger partial charge in [-0.05, 0) is 43.0 Å². The van der Waals surface area contributed by atoms with Crippen molar-refractivity contribution in [1.29, 1.82) is 0 Å². The Morgan fingerprint density at radius 2 is 2.04 bits per heavy atom. The van der Waals surface area contributed by atoms with Gasteiger partial charge in [-0.2, -0.15) is 0 Å². The Morgan fingerprint density at radius 1 is 1.26 bits per heavy atom. The molecule has 4 rings (SSSR count). The number of nitrogens with one attached hydrogen (secondary N) is 1. The van der Waals surface area contributed by atoms with E-state index >= 15 is 0 Å². The van der Waals surface area contributed by atoms with E-state index in [9.17, 15) is 5.11 Å². The lowest BCUT2D eigenvalue weighted by Crippen LogP contribution is -2.42. The van der Waals surface area contributed by atoms with Crippen molar-refractivity contribution in [2.24, 2.45) is 18.4 Å². The molecule has 1 aromatic carbocycles. The molecular formula is C19H27N3O. The van der Waals surface area contributed by atoms with Crippen LogP contribution >= 0.6 is 0 Å². The maximum Gasteiger partial charge on any atom is 0.0481 e. The molecule has 1 unspecified atom stereocenters. The molecule has 2 aromatic rings. The number of fused-ring (bicyclic) bond motifs is 1. The van der Waals surface area contributed by atoms with Crippen LogP contribution in [0.3, 0.4) is 0 Å². The zero-order valence-electron chi connectivity index (χ0n) is 14.0. The van der Waals surface area contributed by atoms with Gasteiger partial charge in [0.15, 0.2) is 0 Å². The van der Waals surface area contributed by atoms with Crippen molar-refractivity contribution in [3.63, 3.8) is 0 Å². The van der Waals surface area contributed by atoms with Crippen LogP contribution in [0.2, 0.25) is 0 Å². The van der Waals surface area contributed by atoms with E-state index in [0.29, 0.717) is 17.9 Å². The Bertz CT molecular complexity index is 687. The predicted molar refractivity (Wildman–Crippen MR) is 93.3 cm³/mol. The number of rotatable bonds is 3. The van der Waals surface area contributed by atoms with Crippen LogP contribution in [0.15, 0.2) is 30.5 Å². The first-order valence-electron chi connectivity index (χ1n) is 8.79. The van der Waals surface area contributed by atoms with Gasteiger partial charge in [0.25, 0.3) is 0 Å². The average molecular weight is 313 g/mol. The first kappa shape index (κ1) is 15.2. The van der Waals surface area contributed by atoms with Crippen molar-refractivity contribution >= 4 is 10.9 Å². The van der Waals surface area contributed by atoms with Crippen LogP contribution in [0.4, 0.5) is 0 Å². The molecule has 2 aliphatic heterocycles. The Balaban J connectivity index is 1.57. The van der Waals surface area contributed by atoms with Gasteiger partial charge in [0.1, 0.15) is 0 Å². The minimum atomic E-state index is 0.324. The van der Waals surface area contributed by atoms with Crippen molar-refractivity contribution in [3.8, 4) is 0 Å². The summed E-state index contributed by atoms with van der Waals surface area (Å²) in [7, 11) is 2.13. The molecule has 1 atom stereocenters. The lowest BCUT2D eigenvalue weighted by atomic mass is 9.71. The quantitative estimate of drug-likeness (QED) is 0.910. The number of aliphatic hydroxyl groups is 1. The number of likely N-dealkylation sites (tertiary alicyclic amines) is 1. The minimum Gasteiger partial charge on any atom is -0.396 e. The van der Waals surface area contributed by atoms with Crippen molar-refractivity contribution in [3.05, 3.63) is 36.0 Å². The summed E-state index contributed by atoms with van der Waals surface area (Å²) in [4.78, 5) is 2.56. The van der Waals surface area contributed by atoms with E-state index in [2.05, 4.69) is 52.3 Å². The fourth-order valence-corrected chi connectivity index (χ4v) is 4.80. The minimum absolute atomic E-state index is 0.324. The Hall–Kier alpha value is -1.36. The topological polar surface area (TPSA) is 40.4 Å². The van der Waals surface area contributed by atoms with Crippen molar-refractivity contribution in [1.82, 2.24) is 14.8 Å². The third-order valence-electron chi connectivity index (χ3n) is 6.08. The van der Waals surface area contributed by atoms with Gasteiger partial charge in [0, 0.05) is 56.3 Å². The lowest BCUT2D eigenvalue weighted by Gasteiger charge is -2.38. The molecule has 0 bridgehead atoms. The van der Waals surface area contributed by atoms with Crippen LogP contribution in [0, 0.1) is 11.3 Å². The Morgan fingerprint density at radius 3 is 2.83 bits per heavy atom. The van der Waals surface area contributed by atoms with Gasteiger partial charge in [0.05, 0.1) is 0 Å². The predicted octanol–water partition coefficient (Wildman–Crippen LogP) is 1.97. The molecule has 1 aromatic heterocycles. The molecule has 4 heteroatoms. The van der Waals surface area contributed by atoms with Gasteiger partial charge >= 0.3 is 0 Å². The average Bonchev–Trinajstić information content (AvgIpc) is 3.07. The molecule has 3 heterocycles. The van der Waals surface area contributed by atoms with Crippen LogP contribution in [0.25, 0.3) is 10.9 Å². The molecule has 2 fully saturated rings. The largest absolute Gasteiger partial charge is 0.396 e. The molecule has 1 spiro atoms. The zero-order valence-corrected chi connectivity index (χ0v) is 14.0. The van der Waals surface area contributed by atoms with Crippen LogP contribution in [0.5, 0.6) is 0 Å². The number of aliphatic hydroxyl groups excluding tert-OH is 1. The normalized spacial score (nSPS) is 24.7. The number of aryl methyl sites for hydroxylation is 1.